The minimum Gasteiger partial charge on any atom is -0.309 e. The Morgan fingerprint density at radius 1 is 0.361 bits per heavy atom. The van der Waals surface area contributed by atoms with E-state index in [2.05, 4.69) is 206 Å². The Morgan fingerprint density at radius 3 is 1.54 bits per heavy atom. The molecular weight excluding hydrogens is 739 g/mol. The average molecular weight is 780 g/mol. The number of ketones is 1. The van der Waals surface area contributed by atoms with Gasteiger partial charge in [0.15, 0.2) is 5.78 Å². The normalized spacial score (nSPS) is 14.4. The van der Waals surface area contributed by atoms with Gasteiger partial charge in [-0.1, -0.05) is 184 Å². The summed E-state index contributed by atoms with van der Waals surface area (Å²) in [5, 5.41) is 2.51. The van der Waals surface area contributed by atoms with E-state index in [1.807, 2.05) is 24.3 Å². The van der Waals surface area contributed by atoms with E-state index >= 15 is 0 Å². The van der Waals surface area contributed by atoms with Crippen molar-refractivity contribution in [3.05, 3.63) is 257 Å². The summed E-state index contributed by atoms with van der Waals surface area (Å²) in [6.45, 7) is 4.47. The number of rotatable bonds is 5. The summed E-state index contributed by atoms with van der Waals surface area (Å²) in [5.74, 6) is 0.104. The largest absolute Gasteiger partial charge is 0.309 e. The zero-order chi connectivity index (χ0) is 40.9. The van der Waals surface area contributed by atoms with Crippen molar-refractivity contribution in [2.75, 3.05) is 0 Å². The molecule has 9 aromatic carbocycles. The van der Waals surface area contributed by atoms with Crippen LogP contribution in [0.15, 0.2) is 212 Å². The first kappa shape index (κ1) is 35.4. The Morgan fingerprint density at radius 2 is 0.869 bits per heavy atom. The molecule has 1 aromatic heterocycles. The number of nitrogens with zero attached hydrogens (tertiary/aromatic N) is 1. The molecule has 0 bridgehead atoms. The van der Waals surface area contributed by atoms with Gasteiger partial charge in [0.2, 0.25) is 0 Å². The summed E-state index contributed by atoms with van der Waals surface area (Å²) in [6.07, 6.45) is 0. The predicted octanol–water partition coefficient (Wildman–Crippen LogP) is 14.4. The van der Waals surface area contributed by atoms with Gasteiger partial charge in [-0.3, -0.25) is 4.79 Å². The molecule has 0 saturated carbocycles. The van der Waals surface area contributed by atoms with Crippen molar-refractivity contribution in [1.29, 1.82) is 0 Å². The Bertz CT molecular complexity index is 3310. The van der Waals surface area contributed by atoms with Crippen LogP contribution >= 0.6 is 0 Å². The summed E-state index contributed by atoms with van der Waals surface area (Å²) in [7, 11) is 0. The fourth-order valence-corrected chi connectivity index (χ4v) is 10.8. The van der Waals surface area contributed by atoms with Crippen LogP contribution < -0.4 is 0 Å². The topological polar surface area (TPSA) is 22.0 Å². The number of carbonyl (C=O) groups excluding carboxylic acids is 1. The highest BCUT2D eigenvalue weighted by Gasteiger charge is 2.46. The number of fused-ring (bicyclic) bond motifs is 8. The van der Waals surface area contributed by atoms with E-state index in [-0.39, 0.29) is 11.2 Å². The number of hydrogen-bond acceptors (Lipinski definition) is 1. The molecule has 10 aromatic rings. The molecule has 0 N–H and O–H groups in total. The molecule has 12 rings (SSSR count). The number of para-hydroxylation sites is 2. The lowest BCUT2D eigenvalue weighted by Gasteiger charge is -2.34. The fourth-order valence-electron chi connectivity index (χ4n) is 10.8. The first-order chi connectivity index (χ1) is 29.9. The number of aromatic nitrogens is 1. The summed E-state index contributed by atoms with van der Waals surface area (Å²) in [4.78, 5) is 13.7. The molecule has 1 heterocycles. The molecule has 0 amide bonds. The van der Waals surface area contributed by atoms with Crippen LogP contribution in [0.3, 0.4) is 0 Å². The molecule has 288 valence electrons. The number of benzene rings is 9. The van der Waals surface area contributed by atoms with Gasteiger partial charge in [-0.05, 0) is 109 Å². The van der Waals surface area contributed by atoms with E-state index in [9.17, 15) is 4.79 Å². The molecule has 0 saturated heterocycles. The third-order valence-electron chi connectivity index (χ3n) is 13.7. The molecule has 0 atom stereocenters. The van der Waals surface area contributed by atoms with Crippen LogP contribution in [0.2, 0.25) is 0 Å². The number of hydrogen-bond donors (Lipinski definition) is 0. The van der Waals surface area contributed by atoms with Crippen molar-refractivity contribution in [2.45, 2.75) is 24.7 Å². The smallest absolute Gasteiger partial charge is 0.193 e. The van der Waals surface area contributed by atoms with Crippen LogP contribution in [0.25, 0.3) is 60.9 Å². The van der Waals surface area contributed by atoms with Crippen molar-refractivity contribution in [1.82, 2.24) is 4.57 Å². The highest BCUT2D eigenvalue weighted by Crippen LogP contribution is 2.57. The molecular formula is C59H41NO. The monoisotopic (exact) mass is 779 g/mol. The highest BCUT2D eigenvalue weighted by molar-refractivity contribution is 6.13. The van der Waals surface area contributed by atoms with Crippen LogP contribution in [0, 0.1) is 0 Å². The quantitative estimate of drug-likeness (QED) is 0.171. The molecule has 0 radical (unpaired) electrons. The standard InChI is InChI=1S/C59H41NO/c1-58(2)51-25-12-9-24-47(51)57(61)48-31-28-41(36-54(48)58)39-17-15-16-38(34-39)40-29-32-52-49(35-40)50-37-44(60-55-26-13-10-22-45(55)46-23-11-14-27-56(46)60)30-33-53(50)59(52,42-18-5-3-6-19-42)43-20-7-4-8-21-43/h3-37H,1-2H3. The number of carbonyl (C=O) groups is 1. The minimum atomic E-state index is -0.515. The lowest BCUT2D eigenvalue weighted by molar-refractivity contribution is 0.103. The Kier molecular flexibility index (Phi) is 7.68. The Balaban J connectivity index is 1.05. The lowest BCUT2D eigenvalue weighted by Crippen LogP contribution is -2.30. The fraction of sp³-hybridized carbons (Fsp3) is 0.0678. The Labute approximate surface area is 356 Å². The summed E-state index contributed by atoms with van der Waals surface area (Å²) < 4.78 is 2.43. The van der Waals surface area contributed by atoms with Gasteiger partial charge in [0, 0.05) is 33.0 Å². The molecule has 0 unspecified atom stereocenters. The lowest BCUT2D eigenvalue weighted by atomic mass is 9.67. The van der Waals surface area contributed by atoms with E-state index in [1.54, 1.807) is 0 Å². The van der Waals surface area contributed by atoms with Crippen LogP contribution in [0.1, 0.15) is 63.1 Å². The molecule has 61 heavy (non-hydrogen) atoms. The van der Waals surface area contributed by atoms with Crippen LogP contribution in [-0.2, 0) is 10.8 Å². The maximum Gasteiger partial charge on any atom is 0.193 e. The molecule has 2 heteroatoms. The average Bonchev–Trinajstić information content (AvgIpc) is 3.81. The van der Waals surface area contributed by atoms with Crippen molar-refractivity contribution >= 4 is 27.6 Å². The summed E-state index contributed by atoms with van der Waals surface area (Å²) in [5.41, 5.74) is 18.5. The third-order valence-corrected chi connectivity index (χ3v) is 13.7. The van der Waals surface area contributed by atoms with Gasteiger partial charge < -0.3 is 4.57 Å². The van der Waals surface area contributed by atoms with Crippen LogP contribution in [-0.4, -0.2) is 10.4 Å². The zero-order valence-electron chi connectivity index (χ0n) is 34.1. The SMILES string of the molecule is CC1(C)c2ccccc2C(=O)c2ccc(-c3cccc(-c4ccc5c(c4)-c4cc(-n6c7ccccc7c7ccccc76)ccc4C5(c4ccccc4)c4ccccc4)c3)cc21. The third kappa shape index (κ3) is 5.06. The van der Waals surface area contributed by atoms with E-state index in [0.29, 0.717) is 0 Å². The van der Waals surface area contributed by atoms with Gasteiger partial charge in [-0.15, -0.1) is 0 Å². The second kappa shape index (κ2) is 13.2. The maximum absolute atomic E-state index is 13.7. The van der Waals surface area contributed by atoms with Crippen LogP contribution in [0.5, 0.6) is 0 Å². The van der Waals surface area contributed by atoms with E-state index in [1.165, 1.54) is 55.2 Å². The minimum absolute atomic E-state index is 0.104. The highest BCUT2D eigenvalue weighted by atomic mass is 16.1. The van der Waals surface area contributed by atoms with Gasteiger partial charge in [-0.2, -0.15) is 0 Å². The van der Waals surface area contributed by atoms with Crippen LogP contribution in [0.4, 0.5) is 0 Å². The van der Waals surface area contributed by atoms with Crippen molar-refractivity contribution in [3.8, 4) is 39.1 Å². The second-order valence-corrected chi connectivity index (χ2v) is 17.2. The molecule has 2 aliphatic carbocycles. The molecule has 0 fully saturated rings. The molecule has 2 nitrogen and oxygen atoms in total. The van der Waals surface area contributed by atoms with E-state index < -0.39 is 5.41 Å². The van der Waals surface area contributed by atoms with Gasteiger partial charge >= 0.3 is 0 Å². The van der Waals surface area contributed by atoms with E-state index in [0.717, 1.165) is 50.2 Å². The van der Waals surface area contributed by atoms with Gasteiger partial charge in [-0.25, -0.2) is 0 Å². The Hall–Kier alpha value is -7.55. The molecule has 0 aliphatic heterocycles. The van der Waals surface area contributed by atoms with Crippen molar-refractivity contribution in [3.63, 3.8) is 0 Å². The predicted molar refractivity (Wildman–Crippen MR) is 251 cm³/mol. The van der Waals surface area contributed by atoms with Crippen molar-refractivity contribution < 1.29 is 4.79 Å². The summed E-state index contributed by atoms with van der Waals surface area (Å²) >= 11 is 0. The van der Waals surface area contributed by atoms with Gasteiger partial charge in [0.25, 0.3) is 0 Å². The van der Waals surface area contributed by atoms with Gasteiger partial charge in [0.05, 0.1) is 16.4 Å². The zero-order valence-corrected chi connectivity index (χ0v) is 34.1. The first-order valence-corrected chi connectivity index (χ1v) is 21.2. The van der Waals surface area contributed by atoms with Gasteiger partial charge in [0.1, 0.15) is 0 Å². The van der Waals surface area contributed by atoms with E-state index in [4.69, 9.17) is 0 Å². The maximum atomic E-state index is 13.7. The first-order valence-electron chi connectivity index (χ1n) is 21.2. The van der Waals surface area contributed by atoms with Crippen molar-refractivity contribution in [2.24, 2.45) is 0 Å². The molecule has 0 spiro atoms. The second-order valence-electron chi connectivity index (χ2n) is 17.2. The molecule has 2 aliphatic rings. The summed E-state index contributed by atoms with van der Waals surface area (Å²) in [6, 6.07) is 77.1.